The molecule has 0 fully saturated rings. The quantitative estimate of drug-likeness (QED) is 0.575. The van der Waals surface area contributed by atoms with Gasteiger partial charge in [0.05, 0.1) is 6.42 Å². The SMILES string of the molecule is O=C(O)CC(NS(=O)(=O)c1c[nH]c2ncccc12)C(=O)O. The van der Waals surface area contributed by atoms with Crippen molar-refractivity contribution in [1.82, 2.24) is 14.7 Å². The van der Waals surface area contributed by atoms with Crippen molar-refractivity contribution >= 4 is 33.0 Å². The second-order valence-corrected chi connectivity index (χ2v) is 5.84. The molecule has 0 saturated carbocycles. The zero-order valence-electron chi connectivity index (χ0n) is 10.5. The number of aromatic amines is 1. The van der Waals surface area contributed by atoms with E-state index < -0.39 is 34.4 Å². The molecular weight excluding hydrogens is 302 g/mol. The maximum Gasteiger partial charge on any atom is 0.322 e. The summed E-state index contributed by atoms with van der Waals surface area (Å²) in [6, 6.07) is 1.27. The van der Waals surface area contributed by atoms with E-state index in [1.807, 2.05) is 4.72 Å². The average molecular weight is 313 g/mol. The number of aliphatic carboxylic acids is 2. The van der Waals surface area contributed by atoms with Crippen LogP contribution in [0.5, 0.6) is 0 Å². The van der Waals surface area contributed by atoms with E-state index in [-0.39, 0.29) is 10.3 Å². The van der Waals surface area contributed by atoms with Crippen molar-refractivity contribution in [3.05, 3.63) is 24.5 Å². The fraction of sp³-hybridized carbons (Fsp3) is 0.182. The third-order valence-electron chi connectivity index (χ3n) is 2.68. The van der Waals surface area contributed by atoms with Crippen molar-refractivity contribution in [3.63, 3.8) is 0 Å². The molecule has 0 spiro atoms. The molecule has 2 heterocycles. The van der Waals surface area contributed by atoms with Gasteiger partial charge in [0.2, 0.25) is 10.0 Å². The van der Waals surface area contributed by atoms with Crippen LogP contribution in [0.2, 0.25) is 0 Å². The molecule has 2 rings (SSSR count). The number of hydrogen-bond acceptors (Lipinski definition) is 5. The molecule has 9 nitrogen and oxygen atoms in total. The van der Waals surface area contributed by atoms with Gasteiger partial charge in [0, 0.05) is 17.8 Å². The number of rotatable bonds is 6. The highest BCUT2D eigenvalue weighted by atomic mass is 32.2. The summed E-state index contributed by atoms with van der Waals surface area (Å²) in [5.41, 5.74) is 0.322. The van der Waals surface area contributed by atoms with Crippen molar-refractivity contribution in [1.29, 1.82) is 0 Å². The van der Waals surface area contributed by atoms with Crippen LogP contribution in [0.3, 0.4) is 0 Å². The van der Waals surface area contributed by atoms with Crippen molar-refractivity contribution in [2.75, 3.05) is 0 Å². The van der Waals surface area contributed by atoms with Crippen LogP contribution in [0.4, 0.5) is 0 Å². The monoisotopic (exact) mass is 313 g/mol. The highest BCUT2D eigenvalue weighted by molar-refractivity contribution is 7.89. The van der Waals surface area contributed by atoms with Crippen molar-refractivity contribution in [3.8, 4) is 0 Å². The van der Waals surface area contributed by atoms with E-state index >= 15 is 0 Å². The maximum absolute atomic E-state index is 12.2. The number of carboxylic acid groups (broad SMARTS) is 2. The van der Waals surface area contributed by atoms with E-state index in [4.69, 9.17) is 10.2 Å². The molecule has 1 unspecified atom stereocenters. The minimum absolute atomic E-state index is 0.192. The van der Waals surface area contributed by atoms with Gasteiger partial charge < -0.3 is 15.2 Å². The van der Waals surface area contributed by atoms with Gasteiger partial charge in [-0.1, -0.05) is 0 Å². The summed E-state index contributed by atoms with van der Waals surface area (Å²) in [5, 5.41) is 17.8. The molecular formula is C11H11N3O6S. The van der Waals surface area contributed by atoms with Crippen LogP contribution < -0.4 is 4.72 Å². The summed E-state index contributed by atoms with van der Waals surface area (Å²) in [7, 11) is -4.20. The molecule has 0 saturated heterocycles. The van der Waals surface area contributed by atoms with Gasteiger partial charge in [-0.2, -0.15) is 4.72 Å². The topological polar surface area (TPSA) is 149 Å². The summed E-state index contributed by atoms with van der Waals surface area (Å²) >= 11 is 0. The van der Waals surface area contributed by atoms with E-state index in [1.165, 1.54) is 24.5 Å². The smallest absolute Gasteiger partial charge is 0.322 e. The van der Waals surface area contributed by atoms with E-state index in [0.29, 0.717) is 5.65 Å². The van der Waals surface area contributed by atoms with Gasteiger partial charge >= 0.3 is 11.9 Å². The fourth-order valence-electron chi connectivity index (χ4n) is 1.76. The highest BCUT2D eigenvalue weighted by Crippen LogP contribution is 2.21. The molecule has 0 bridgehead atoms. The zero-order chi connectivity index (χ0) is 15.6. The summed E-state index contributed by atoms with van der Waals surface area (Å²) in [6.45, 7) is 0. The van der Waals surface area contributed by atoms with E-state index in [9.17, 15) is 18.0 Å². The van der Waals surface area contributed by atoms with Gasteiger partial charge in [-0.15, -0.1) is 0 Å². The Bertz CT molecular complexity index is 797. The van der Waals surface area contributed by atoms with Crippen LogP contribution in [0, 0.1) is 0 Å². The van der Waals surface area contributed by atoms with Gasteiger partial charge in [-0.25, -0.2) is 13.4 Å². The van der Waals surface area contributed by atoms with Crippen LogP contribution in [-0.4, -0.2) is 46.6 Å². The molecule has 1 atom stereocenters. The van der Waals surface area contributed by atoms with Gasteiger partial charge in [0.25, 0.3) is 0 Å². The second-order valence-electron chi connectivity index (χ2n) is 4.16. The van der Waals surface area contributed by atoms with Crippen LogP contribution in [0.1, 0.15) is 6.42 Å². The van der Waals surface area contributed by atoms with E-state index in [2.05, 4.69) is 9.97 Å². The van der Waals surface area contributed by atoms with Crippen LogP contribution in [-0.2, 0) is 19.6 Å². The summed E-state index contributed by atoms with van der Waals surface area (Å²) < 4.78 is 26.2. The first-order chi connectivity index (χ1) is 9.81. The molecule has 4 N–H and O–H groups in total. The molecule has 0 radical (unpaired) electrons. The van der Waals surface area contributed by atoms with Gasteiger partial charge in [0.15, 0.2) is 0 Å². The molecule has 2 aromatic rings. The summed E-state index contributed by atoms with van der Waals surface area (Å²) in [4.78, 5) is 27.9. The second kappa shape index (κ2) is 5.50. The minimum atomic E-state index is -4.20. The number of nitrogens with one attached hydrogen (secondary N) is 2. The highest BCUT2D eigenvalue weighted by Gasteiger charge is 2.29. The van der Waals surface area contributed by atoms with Crippen molar-refractivity contribution in [2.45, 2.75) is 17.4 Å². The van der Waals surface area contributed by atoms with Crippen LogP contribution in [0.15, 0.2) is 29.4 Å². The number of H-pyrrole nitrogens is 1. The van der Waals surface area contributed by atoms with E-state index in [0.717, 1.165) is 0 Å². The number of nitrogens with zero attached hydrogens (tertiary/aromatic N) is 1. The van der Waals surface area contributed by atoms with E-state index in [1.54, 1.807) is 0 Å². The normalized spacial score (nSPS) is 13.1. The fourth-order valence-corrected chi connectivity index (χ4v) is 3.11. The Morgan fingerprint density at radius 1 is 1.38 bits per heavy atom. The van der Waals surface area contributed by atoms with Crippen molar-refractivity contribution in [2.24, 2.45) is 0 Å². The third kappa shape index (κ3) is 3.17. The number of fused-ring (bicyclic) bond motifs is 1. The predicted octanol–water partition coefficient (Wildman–Crippen LogP) is -0.231. The Morgan fingerprint density at radius 2 is 2.10 bits per heavy atom. The standard InChI is InChI=1S/C11H11N3O6S/c15-9(16)4-7(11(17)18)14-21(19,20)8-5-13-10-6(8)2-1-3-12-10/h1-3,5,7,14H,4H2,(H,12,13)(H,15,16)(H,17,18). The maximum atomic E-state index is 12.2. The Balaban J connectivity index is 2.37. The number of hydrogen-bond donors (Lipinski definition) is 4. The van der Waals surface area contributed by atoms with Crippen LogP contribution >= 0.6 is 0 Å². The third-order valence-corrected chi connectivity index (χ3v) is 4.19. The number of pyridine rings is 1. The number of sulfonamides is 1. The predicted molar refractivity (Wildman–Crippen MR) is 70.1 cm³/mol. The first-order valence-electron chi connectivity index (χ1n) is 5.70. The van der Waals surface area contributed by atoms with Crippen LogP contribution in [0.25, 0.3) is 11.0 Å². The molecule has 10 heteroatoms. The molecule has 0 amide bonds. The minimum Gasteiger partial charge on any atom is -0.481 e. The lowest BCUT2D eigenvalue weighted by Gasteiger charge is -2.12. The van der Waals surface area contributed by atoms with Gasteiger partial charge in [-0.05, 0) is 12.1 Å². The molecule has 0 aromatic carbocycles. The number of carbonyl (C=O) groups is 2. The molecule has 21 heavy (non-hydrogen) atoms. The Kier molecular flexibility index (Phi) is 3.91. The average Bonchev–Trinajstić information content (AvgIpc) is 2.81. The lowest BCUT2D eigenvalue weighted by atomic mass is 10.2. The number of carboxylic acids is 2. The first kappa shape index (κ1) is 14.9. The van der Waals surface area contributed by atoms with Gasteiger partial charge in [0.1, 0.15) is 16.6 Å². The Hall–Kier alpha value is -2.46. The molecule has 0 aliphatic rings. The molecule has 0 aliphatic heterocycles. The number of aromatic nitrogens is 2. The lowest BCUT2D eigenvalue weighted by molar-refractivity contribution is -0.145. The molecule has 2 aromatic heterocycles. The summed E-state index contributed by atoms with van der Waals surface area (Å²) in [5.74, 6) is -3.00. The molecule has 112 valence electrons. The lowest BCUT2D eigenvalue weighted by Crippen LogP contribution is -2.42. The van der Waals surface area contributed by atoms with Crippen molar-refractivity contribution < 1.29 is 28.2 Å². The molecule has 0 aliphatic carbocycles. The first-order valence-corrected chi connectivity index (χ1v) is 7.18. The Labute approximate surface area is 118 Å². The zero-order valence-corrected chi connectivity index (χ0v) is 11.3. The van der Waals surface area contributed by atoms with Gasteiger partial charge in [-0.3, -0.25) is 9.59 Å². The largest absolute Gasteiger partial charge is 0.481 e. The summed E-state index contributed by atoms with van der Waals surface area (Å²) in [6.07, 6.45) is 1.77. The Morgan fingerprint density at radius 3 is 2.71 bits per heavy atom.